The molecule has 0 aromatic heterocycles. The van der Waals surface area contributed by atoms with Crippen molar-refractivity contribution in [2.75, 3.05) is 32.5 Å². The minimum Gasteiger partial charge on any atom is -0.377 e. The van der Waals surface area contributed by atoms with Gasteiger partial charge in [0.25, 0.3) is 0 Å². The van der Waals surface area contributed by atoms with Gasteiger partial charge in [0.05, 0.1) is 30.1 Å². The lowest BCUT2D eigenvalue weighted by Crippen LogP contribution is -2.48. The number of guanidine groups is 1. The molecule has 3 N–H and O–H groups in total. The van der Waals surface area contributed by atoms with Crippen molar-refractivity contribution in [2.24, 2.45) is 4.99 Å². The van der Waals surface area contributed by atoms with Crippen LogP contribution in [0.25, 0.3) is 0 Å². The van der Waals surface area contributed by atoms with E-state index in [1.807, 2.05) is 0 Å². The highest BCUT2D eigenvalue weighted by Gasteiger charge is 2.41. The van der Waals surface area contributed by atoms with Crippen LogP contribution in [0.3, 0.4) is 0 Å². The van der Waals surface area contributed by atoms with Gasteiger partial charge in [0.15, 0.2) is 5.96 Å². The van der Waals surface area contributed by atoms with Crippen LogP contribution in [0.1, 0.15) is 38.5 Å². The Hall–Kier alpha value is -0.900. The average molecular weight is 375 g/mol. The SMILES string of the molecule is CN=C(NCCS(=O)(=O)NCC1CCCCO1)NC1CC2CCC1O2. The number of fused-ring (bicyclic) bond motifs is 2. The highest BCUT2D eigenvalue weighted by atomic mass is 32.2. The van der Waals surface area contributed by atoms with Crippen molar-refractivity contribution in [3.05, 3.63) is 0 Å². The lowest BCUT2D eigenvalue weighted by atomic mass is 9.96. The first kappa shape index (κ1) is 18.9. The van der Waals surface area contributed by atoms with Crippen molar-refractivity contribution in [3.63, 3.8) is 0 Å². The Morgan fingerprint density at radius 2 is 2.12 bits per heavy atom. The molecule has 144 valence electrons. The number of hydrogen-bond acceptors (Lipinski definition) is 5. The monoisotopic (exact) mass is 374 g/mol. The number of nitrogens with zero attached hydrogens (tertiary/aromatic N) is 1. The maximum absolute atomic E-state index is 12.1. The summed E-state index contributed by atoms with van der Waals surface area (Å²) in [6.45, 7) is 1.39. The zero-order valence-electron chi connectivity index (χ0n) is 14.9. The highest BCUT2D eigenvalue weighted by molar-refractivity contribution is 7.89. The van der Waals surface area contributed by atoms with E-state index in [4.69, 9.17) is 9.47 Å². The second kappa shape index (κ2) is 8.66. The maximum Gasteiger partial charge on any atom is 0.213 e. The number of ether oxygens (including phenoxy) is 2. The van der Waals surface area contributed by atoms with Gasteiger partial charge in [-0.2, -0.15) is 0 Å². The fraction of sp³-hybridized carbons (Fsp3) is 0.938. The zero-order chi connectivity index (χ0) is 17.7. The lowest BCUT2D eigenvalue weighted by Gasteiger charge is -2.23. The smallest absolute Gasteiger partial charge is 0.213 e. The molecule has 0 radical (unpaired) electrons. The fourth-order valence-electron chi connectivity index (χ4n) is 3.72. The molecule has 0 saturated carbocycles. The minimum atomic E-state index is -3.32. The number of nitrogens with one attached hydrogen (secondary N) is 3. The molecule has 3 aliphatic heterocycles. The van der Waals surface area contributed by atoms with E-state index in [2.05, 4.69) is 20.3 Å². The summed E-state index contributed by atoms with van der Waals surface area (Å²) in [6.07, 6.45) is 6.93. The second-order valence-electron chi connectivity index (χ2n) is 7.02. The van der Waals surface area contributed by atoms with E-state index in [0.717, 1.165) is 45.1 Å². The Balaban J connectivity index is 1.35. The molecule has 25 heavy (non-hydrogen) atoms. The van der Waals surface area contributed by atoms with Crippen molar-refractivity contribution in [2.45, 2.75) is 62.9 Å². The van der Waals surface area contributed by atoms with Crippen LogP contribution in [0.2, 0.25) is 0 Å². The van der Waals surface area contributed by atoms with Crippen LogP contribution in [0.5, 0.6) is 0 Å². The van der Waals surface area contributed by atoms with Gasteiger partial charge in [0, 0.05) is 26.7 Å². The molecule has 4 atom stereocenters. The van der Waals surface area contributed by atoms with Crippen LogP contribution in [-0.2, 0) is 19.5 Å². The number of aliphatic imine (C=N–C) groups is 1. The first-order valence-electron chi connectivity index (χ1n) is 9.27. The third-order valence-electron chi connectivity index (χ3n) is 5.12. The standard InChI is InChI=1S/C16H30N4O4S/c1-17-16(20-14-10-12-5-6-15(14)24-12)18-7-9-25(21,22)19-11-13-4-2-3-8-23-13/h12-15,19H,2-11H2,1H3,(H2,17,18,20). The van der Waals surface area contributed by atoms with Crippen LogP contribution in [0, 0.1) is 0 Å². The van der Waals surface area contributed by atoms with Crippen molar-refractivity contribution in [3.8, 4) is 0 Å². The Morgan fingerprint density at radius 3 is 2.76 bits per heavy atom. The van der Waals surface area contributed by atoms with E-state index in [1.54, 1.807) is 7.05 Å². The molecule has 4 unspecified atom stereocenters. The summed E-state index contributed by atoms with van der Waals surface area (Å²) >= 11 is 0. The van der Waals surface area contributed by atoms with Crippen LogP contribution >= 0.6 is 0 Å². The van der Waals surface area contributed by atoms with Crippen LogP contribution in [0.15, 0.2) is 4.99 Å². The van der Waals surface area contributed by atoms with Gasteiger partial charge in [-0.25, -0.2) is 13.1 Å². The first-order valence-corrected chi connectivity index (χ1v) is 10.9. The van der Waals surface area contributed by atoms with Gasteiger partial charge in [-0.15, -0.1) is 0 Å². The summed E-state index contributed by atoms with van der Waals surface area (Å²) in [5.74, 6) is 0.639. The van der Waals surface area contributed by atoms with Gasteiger partial charge >= 0.3 is 0 Å². The number of sulfonamides is 1. The lowest BCUT2D eigenvalue weighted by molar-refractivity contribution is 0.0200. The first-order chi connectivity index (χ1) is 12.1. The number of hydrogen-bond donors (Lipinski definition) is 3. The number of rotatable bonds is 7. The fourth-order valence-corrected chi connectivity index (χ4v) is 4.68. The molecular formula is C16H30N4O4S. The molecule has 0 aliphatic carbocycles. The van der Waals surface area contributed by atoms with E-state index in [0.29, 0.717) is 25.2 Å². The summed E-state index contributed by atoms with van der Waals surface area (Å²) in [5, 5.41) is 6.43. The Labute approximate surface area is 150 Å². The maximum atomic E-state index is 12.1. The zero-order valence-corrected chi connectivity index (χ0v) is 15.7. The minimum absolute atomic E-state index is 0.00343. The topological polar surface area (TPSA) is 101 Å². The van der Waals surface area contributed by atoms with Crippen molar-refractivity contribution >= 4 is 16.0 Å². The summed E-state index contributed by atoms with van der Waals surface area (Å²) in [7, 11) is -1.63. The Bertz CT molecular complexity index is 562. The van der Waals surface area contributed by atoms with Crippen molar-refractivity contribution in [1.29, 1.82) is 0 Å². The largest absolute Gasteiger partial charge is 0.377 e. The summed E-state index contributed by atoms with van der Waals surface area (Å²) in [5.41, 5.74) is 0. The summed E-state index contributed by atoms with van der Waals surface area (Å²) < 4.78 is 38.2. The molecular weight excluding hydrogens is 344 g/mol. The van der Waals surface area contributed by atoms with Crippen molar-refractivity contribution < 1.29 is 17.9 Å². The molecule has 2 bridgehead atoms. The quantitative estimate of drug-likeness (QED) is 0.427. The average Bonchev–Trinajstić information content (AvgIpc) is 3.23. The third kappa shape index (κ3) is 5.54. The molecule has 0 aromatic rings. The molecule has 0 amide bonds. The molecule has 3 heterocycles. The van der Waals surface area contributed by atoms with Gasteiger partial charge in [-0.3, -0.25) is 4.99 Å². The second-order valence-corrected chi connectivity index (χ2v) is 8.94. The predicted octanol–water partition coefficient (Wildman–Crippen LogP) is -0.0402. The molecule has 0 spiro atoms. The molecule has 3 aliphatic rings. The molecule has 3 rings (SSSR count). The van der Waals surface area contributed by atoms with E-state index in [1.165, 1.54) is 0 Å². The summed E-state index contributed by atoms with van der Waals surface area (Å²) in [6, 6.07) is 0.267. The summed E-state index contributed by atoms with van der Waals surface area (Å²) in [4.78, 5) is 4.18. The molecule has 0 aromatic carbocycles. The third-order valence-corrected chi connectivity index (χ3v) is 6.47. The van der Waals surface area contributed by atoms with Crippen LogP contribution in [0.4, 0.5) is 0 Å². The van der Waals surface area contributed by atoms with Gasteiger partial charge < -0.3 is 20.1 Å². The molecule has 8 nitrogen and oxygen atoms in total. The Kier molecular flexibility index (Phi) is 6.54. The van der Waals surface area contributed by atoms with Gasteiger partial charge in [0.1, 0.15) is 0 Å². The predicted molar refractivity (Wildman–Crippen MR) is 96.2 cm³/mol. The van der Waals surface area contributed by atoms with Crippen LogP contribution in [-0.4, -0.2) is 71.2 Å². The van der Waals surface area contributed by atoms with E-state index >= 15 is 0 Å². The van der Waals surface area contributed by atoms with Gasteiger partial charge in [-0.05, 0) is 38.5 Å². The van der Waals surface area contributed by atoms with Gasteiger partial charge in [0.2, 0.25) is 10.0 Å². The van der Waals surface area contributed by atoms with E-state index < -0.39 is 10.0 Å². The normalized spacial score (nSPS) is 32.8. The van der Waals surface area contributed by atoms with Gasteiger partial charge in [-0.1, -0.05) is 0 Å². The Morgan fingerprint density at radius 1 is 1.24 bits per heavy atom. The van der Waals surface area contributed by atoms with Crippen molar-refractivity contribution in [1.82, 2.24) is 15.4 Å². The van der Waals surface area contributed by atoms with E-state index in [9.17, 15) is 8.42 Å². The van der Waals surface area contributed by atoms with E-state index in [-0.39, 0.29) is 24.0 Å². The molecule has 3 saturated heterocycles. The highest BCUT2D eigenvalue weighted by Crippen LogP contribution is 2.34. The molecule has 9 heteroatoms. The molecule has 3 fully saturated rings. The van der Waals surface area contributed by atoms with Crippen LogP contribution < -0.4 is 15.4 Å².